The average Bonchev–Trinajstić information content (AvgIpc) is 3.35. The highest BCUT2D eigenvalue weighted by Gasteiger charge is 2.34. The Kier molecular flexibility index (Phi) is 5.83. The van der Waals surface area contributed by atoms with Gasteiger partial charge in [0.25, 0.3) is 0 Å². The molecule has 0 spiro atoms. The lowest BCUT2D eigenvalue weighted by Gasteiger charge is -2.26. The molecule has 1 aliphatic carbocycles. The van der Waals surface area contributed by atoms with Crippen LogP contribution in [-0.2, 0) is 17.8 Å². The highest BCUT2D eigenvalue weighted by atomic mass is 35.5. The maximum Gasteiger partial charge on any atom is 0.411 e. The largest absolute Gasteiger partial charge is 0.444 e. The van der Waals surface area contributed by atoms with Gasteiger partial charge >= 0.3 is 6.09 Å². The summed E-state index contributed by atoms with van der Waals surface area (Å²) in [4.78, 5) is 19.0. The number of benzene rings is 1. The Hall–Kier alpha value is -2.94. The van der Waals surface area contributed by atoms with E-state index in [-0.39, 0.29) is 17.9 Å². The summed E-state index contributed by atoms with van der Waals surface area (Å²) in [6.07, 6.45) is 3.41. The maximum atomic E-state index is 12.9. The van der Waals surface area contributed by atoms with Crippen LogP contribution in [0.25, 0.3) is 5.69 Å². The number of rotatable bonds is 2. The number of amides is 1. The summed E-state index contributed by atoms with van der Waals surface area (Å²) in [5, 5.41) is 13.7. The summed E-state index contributed by atoms with van der Waals surface area (Å²) in [6.45, 7) is 8.12. The second kappa shape index (κ2) is 8.69. The highest BCUT2D eigenvalue weighted by Crippen LogP contribution is 2.41. The van der Waals surface area contributed by atoms with Crippen molar-refractivity contribution in [1.82, 2.24) is 29.8 Å². The number of hydrogen-bond donors (Lipinski definition) is 0. The summed E-state index contributed by atoms with van der Waals surface area (Å²) < 4.78 is 13.2. The van der Waals surface area contributed by atoms with E-state index in [2.05, 4.69) is 24.9 Å². The number of nitrogens with zero attached hydrogens (tertiary/aromatic N) is 6. The van der Waals surface area contributed by atoms with Crippen molar-refractivity contribution in [2.24, 2.45) is 0 Å². The molecule has 5 rings (SSSR count). The standard InChI is InChI=1S/C24H29ClN6O3/c1-14-26-22(34-29-14)16-7-5-15(6-8-16)21-28-27-20-13-30(23(32)33-24(2,3)4)12-17-11-18(25)9-10-19(17)31(20)21/h9-11,15-16H,5-8,12-13H2,1-4H3. The molecule has 3 aromatic rings. The fraction of sp³-hybridized carbons (Fsp3) is 0.542. The number of carbonyl (C=O) groups is 1. The molecule has 0 N–H and O–H groups in total. The summed E-state index contributed by atoms with van der Waals surface area (Å²) in [6, 6.07) is 5.76. The molecule has 2 aromatic heterocycles. The predicted molar refractivity (Wildman–Crippen MR) is 125 cm³/mol. The smallest absolute Gasteiger partial charge is 0.411 e. The summed E-state index contributed by atoms with van der Waals surface area (Å²) >= 11 is 6.33. The fourth-order valence-electron chi connectivity index (χ4n) is 4.82. The van der Waals surface area contributed by atoms with Crippen molar-refractivity contribution in [3.63, 3.8) is 0 Å². The van der Waals surface area contributed by atoms with Crippen LogP contribution in [0.1, 0.15) is 87.2 Å². The van der Waals surface area contributed by atoms with Gasteiger partial charge < -0.3 is 9.26 Å². The van der Waals surface area contributed by atoms with Crippen LogP contribution >= 0.6 is 11.6 Å². The number of fused-ring (bicyclic) bond motifs is 3. The Morgan fingerprint density at radius 3 is 2.53 bits per heavy atom. The van der Waals surface area contributed by atoms with Gasteiger partial charge in [-0.25, -0.2) is 4.79 Å². The lowest BCUT2D eigenvalue weighted by molar-refractivity contribution is 0.0214. The number of carbonyl (C=O) groups excluding carboxylic acids is 1. The van der Waals surface area contributed by atoms with E-state index in [0.29, 0.717) is 23.9 Å². The first-order valence-electron chi connectivity index (χ1n) is 11.7. The second-order valence-electron chi connectivity index (χ2n) is 10.1. The number of hydrogen-bond acceptors (Lipinski definition) is 7. The molecule has 10 heteroatoms. The zero-order chi connectivity index (χ0) is 24.0. The first kappa shape index (κ1) is 22.8. The molecule has 1 aliphatic heterocycles. The van der Waals surface area contributed by atoms with E-state index in [1.807, 2.05) is 45.9 Å². The first-order valence-corrected chi connectivity index (χ1v) is 12.1. The van der Waals surface area contributed by atoms with Gasteiger partial charge in [0.2, 0.25) is 5.89 Å². The summed E-state index contributed by atoms with van der Waals surface area (Å²) in [5.41, 5.74) is 1.31. The molecular weight excluding hydrogens is 456 g/mol. The number of aryl methyl sites for hydroxylation is 1. The molecule has 1 amide bonds. The van der Waals surface area contributed by atoms with Crippen LogP contribution in [0.15, 0.2) is 22.7 Å². The monoisotopic (exact) mass is 484 g/mol. The van der Waals surface area contributed by atoms with Gasteiger partial charge in [-0.15, -0.1) is 10.2 Å². The van der Waals surface area contributed by atoms with Crippen molar-refractivity contribution in [2.75, 3.05) is 0 Å². The molecule has 0 radical (unpaired) electrons. The van der Waals surface area contributed by atoms with Gasteiger partial charge in [0, 0.05) is 16.9 Å². The zero-order valence-corrected chi connectivity index (χ0v) is 20.7. The lowest BCUT2D eigenvalue weighted by atomic mass is 9.81. The molecular formula is C24H29ClN6O3. The molecule has 0 saturated heterocycles. The molecule has 0 atom stereocenters. The molecule has 1 saturated carbocycles. The van der Waals surface area contributed by atoms with Crippen LogP contribution in [0.3, 0.4) is 0 Å². The summed E-state index contributed by atoms with van der Waals surface area (Å²) in [5.74, 6) is 3.56. The molecule has 2 aliphatic rings. The molecule has 9 nitrogen and oxygen atoms in total. The third kappa shape index (κ3) is 4.53. The van der Waals surface area contributed by atoms with Crippen LogP contribution in [0, 0.1) is 6.92 Å². The Morgan fingerprint density at radius 1 is 1.12 bits per heavy atom. The SMILES string of the molecule is Cc1noc(C2CCC(c3nnc4n3-c3ccc(Cl)cc3CN(C(=O)OC(C)(C)C)C4)CC2)n1. The van der Waals surface area contributed by atoms with E-state index in [1.54, 1.807) is 4.90 Å². The average molecular weight is 485 g/mol. The van der Waals surface area contributed by atoms with Gasteiger partial charge in [-0.2, -0.15) is 4.98 Å². The number of ether oxygens (including phenoxy) is 1. The number of halogens is 1. The fourth-order valence-corrected chi connectivity index (χ4v) is 5.02. The van der Waals surface area contributed by atoms with E-state index < -0.39 is 5.60 Å². The van der Waals surface area contributed by atoms with Gasteiger partial charge in [-0.1, -0.05) is 16.8 Å². The minimum atomic E-state index is -0.588. The van der Waals surface area contributed by atoms with Crippen LogP contribution < -0.4 is 0 Å². The van der Waals surface area contributed by atoms with Crippen LogP contribution in [0.5, 0.6) is 0 Å². The molecule has 3 heterocycles. The normalized spacial score (nSPS) is 20.4. The van der Waals surface area contributed by atoms with Crippen molar-refractivity contribution < 1.29 is 14.1 Å². The van der Waals surface area contributed by atoms with E-state index in [1.165, 1.54) is 0 Å². The molecule has 180 valence electrons. The number of aromatic nitrogens is 5. The van der Waals surface area contributed by atoms with Crippen LogP contribution in [-0.4, -0.2) is 41.5 Å². The highest BCUT2D eigenvalue weighted by molar-refractivity contribution is 6.30. The van der Waals surface area contributed by atoms with Gasteiger partial charge in [0.1, 0.15) is 11.4 Å². The maximum absolute atomic E-state index is 12.9. The minimum absolute atomic E-state index is 0.248. The molecule has 1 fully saturated rings. The predicted octanol–water partition coefficient (Wildman–Crippen LogP) is 5.30. The Morgan fingerprint density at radius 2 is 1.85 bits per heavy atom. The van der Waals surface area contributed by atoms with E-state index in [4.69, 9.17) is 20.9 Å². The van der Waals surface area contributed by atoms with Gasteiger partial charge in [-0.3, -0.25) is 9.47 Å². The molecule has 34 heavy (non-hydrogen) atoms. The topological polar surface area (TPSA) is 99.2 Å². The Balaban J connectivity index is 1.44. The first-order chi connectivity index (χ1) is 16.2. The van der Waals surface area contributed by atoms with Crippen molar-refractivity contribution in [3.8, 4) is 5.69 Å². The Labute approximate surface area is 203 Å². The van der Waals surface area contributed by atoms with Crippen molar-refractivity contribution in [3.05, 3.63) is 52.1 Å². The zero-order valence-electron chi connectivity index (χ0n) is 19.9. The summed E-state index contributed by atoms with van der Waals surface area (Å²) in [7, 11) is 0. The van der Waals surface area contributed by atoms with E-state index >= 15 is 0 Å². The molecule has 0 unspecified atom stereocenters. The van der Waals surface area contributed by atoms with Crippen molar-refractivity contribution in [2.45, 2.75) is 83.9 Å². The van der Waals surface area contributed by atoms with Gasteiger partial charge in [0.05, 0.1) is 18.8 Å². The molecule has 1 aromatic carbocycles. The third-order valence-electron chi connectivity index (χ3n) is 6.37. The molecule has 0 bridgehead atoms. The third-order valence-corrected chi connectivity index (χ3v) is 6.60. The van der Waals surface area contributed by atoms with Gasteiger partial charge in [-0.05, 0) is 77.1 Å². The Bertz CT molecular complexity index is 1210. The van der Waals surface area contributed by atoms with E-state index in [0.717, 1.165) is 54.5 Å². The van der Waals surface area contributed by atoms with Crippen LogP contribution in [0.4, 0.5) is 4.79 Å². The van der Waals surface area contributed by atoms with E-state index in [9.17, 15) is 4.79 Å². The lowest BCUT2D eigenvalue weighted by Crippen LogP contribution is -2.35. The second-order valence-corrected chi connectivity index (χ2v) is 10.6. The van der Waals surface area contributed by atoms with Crippen molar-refractivity contribution in [1.29, 1.82) is 0 Å². The van der Waals surface area contributed by atoms with Crippen molar-refractivity contribution >= 4 is 17.7 Å². The van der Waals surface area contributed by atoms with Crippen LogP contribution in [0.2, 0.25) is 5.02 Å². The quantitative estimate of drug-likeness (QED) is 0.486. The van der Waals surface area contributed by atoms with Gasteiger partial charge in [0.15, 0.2) is 11.6 Å². The minimum Gasteiger partial charge on any atom is -0.444 e.